The van der Waals surface area contributed by atoms with Crippen molar-refractivity contribution in [1.29, 1.82) is 0 Å². The second kappa shape index (κ2) is 15.0. The molecule has 250 valence electrons. The molecule has 0 bridgehead atoms. The number of benzene rings is 3. The fraction of sp³-hybridized carbons (Fsp3) is 0.333. The van der Waals surface area contributed by atoms with Crippen LogP contribution >= 0.6 is 11.6 Å². The maximum absolute atomic E-state index is 13.8. The van der Waals surface area contributed by atoms with E-state index in [1.54, 1.807) is 0 Å². The lowest BCUT2D eigenvalue weighted by Crippen LogP contribution is -2.46. The van der Waals surface area contributed by atoms with Gasteiger partial charge in [-0.15, -0.1) is 0 Å². The molecule has 1 atom stereocenters. The fourth-order valence-electron chi connectivity index (χ4n) is 6.49. The van der Waals surface area contributed by atoms with Crippen molar-refractivity contribution >= 4 is 34.8 Å². The van der Waals surface area contributed by atoms with Gasteiger partial charge in [0.25, 0.3) is 0 Å². The topological polar surface area (TPSA) is 102 Å². The van der Waals surface area contributed by atoms with Gasteiger partial charge in [0.1, 0.15) is 5.75 Å². The molecule has 2 amide bonds. The molecule has 5 rings (SSSR count). The summed E-state index contributed by atoms with van der Waals surface area (Å²) in [5.41, 5.74) is 10.7. The number of allylic oxidation sites excluding steroid dienone is 1. The van der Waals surface area contributed by atoms with Crippen LogP contribution in [0.5, 0.6) is 5.75 Å². The van der Waals surface area contributed by atoms with E-state index in [9.17, 15) is 14.4 Å². The highest BCUT2D eigenvalue weighted by Gasteiger charge is 2.30. The molecule has 48 heavy (non-hydrogen) atoms. The normalized spacial score (nSPS) is 12.9. The van der Waals surface area contributed by atoms with E-state index >= 15 is 0 Å². The fourth-order valence-corrected chi connectivity index (χ4v) is 6.60. The van der Waals surface area contributed by atoms with Crippen molar-refractivity contribution in [3.05, 3.63) is 110 Å². The largest absolute Gasteiger partial charge is 0.494 e. The maximum Gasteiger partial charge on any atom is 0.248 e. The Hall–Kier alpha value is -4.69. The van der Waals surface area contributed by atoms with Crippen molar-refractivity contribution in [2.45, 2.75) is 66.3 Å². The summed E-state index contributed by atoms with van der Waals surface area (Å²) in [4.78, 5) is 39.1. The highest BCUT2D eigenvalue weighted by Crippen LogP contribution is 2.42. The average molecular weight is 667 g/mol. The van der Waals surface area contributed by atoms with Crippen LogP contribution in [-0.2, 0) is 34.3 Å². The predicted molar refractivity (Wildman–Crippen MR) is 190 cm³/mol. The molecule has 9 heteroatoms. The summed E-state index contributed by atoms with van der Waals surface area (Å²) >= 11 is 6.34. The Bertz CT molecular complexity index is 1870. The molecule has 0 saturated carbocycles. The first kappa shape index (κ1) is 34.6. The number of halogens is 1. The molecule has 4 aromatic rings. The number of ether oxygens (including phenoxy) is 1. The predicted octanol–water partition coefficient (Wildman–Crippen LogP) is 6.58. The van der Waals surface area contributed by atoms with Crippen molar-refractivity contribution in [3.8, 4) is 16.9 Å². The van der Waals surface area contributed by atoms with Crippen LogP contribution in [-0.4, -0.2) is 46.6 Å². The number of amides is 2. The van der Waals surface area contributed by atoms with Crippen molar-refractivity contribution in [3.63, 3.8) is 0 Å². The molecular weight excluding hydrogens is 624 g/mol. The molecule has 0 fully saturated rings. The minimum atomic E-state index is -0.677. The number of ketones is 1. The van der Waals surface area contributed by atoms with Gasteiger partial charge in [-0.3, -0.25) is 19.1 Å². The SMILES string of the molecule is CC(=O)[C@H](Cc1ccccc1)NC(=O)CNC(=O)C1=C(CCCOc2cc(C)c(Cl)c(C)c2)c2cccc(-c3c(C)nn(C)c3C)c2C1. The van der Waals surface area contributed by atoms with Gasteiger partial charge in [0.15, 0.2) is 5.78 Å². The highest BCUT2D eigenvalue weighted by molar-refractivity contribution is 6.32. The first-order valence-corrected chi connectivity index (χ1v) is 16.7. The van der Waals surface area contributed by atoms with E-state index in [1.165, 1.54) is 6.92 Å². The number of hydrogen-bond acceptors (Lipinski definition) is 5. The molecule has 1 heterocycles. The zero-order valence-electron chi connectivity index (χ0n) is 28.5. The third-order valence-electron chi connectivity index (χ3n) is 9.04. The molecule has 1 aliphatic rings. The molecule has 0 aliphatic heterocycles. The first-order valence-electron chi connectivity index (χ1n) is 16.3. The van der Waals surface area contributed by atoms with E-state index in [2.05, 4.69) is 27.9 Å². The lowest BCUT2D eigenvalue weighted by molar-refractivity contribution is -0.127. The lowest BCUT2D eigenvalue weighted by atomic mass is 9.93. The Balaban J connectivity index is 1.34. The second-order valence-corrected chi connectivity index (χ2v) is 12.9. The zero-order chi connectivity index (χ0) is 34.5. The van der Waals surface area contributed by atoms with Crippen molar-refractivity contribution < 1.29 is 19.1 Å². The van der Waals surface area contributed by atoms with Crippen LogP contribution in [0.1, 0.15) is 59.0 Å². The summed E-state index contributed by atoms with van der Waals surface area (Å²) in [5, 5.41) is 11.0. The number of Topliss-reactive ketones (excluding diaryl/α,β-unsaturated/α-hetero) is 1. The first-order chi connectivity index (χ1) is 22.9. The summed E-state index contributed by atoms with van der Waals surface area (Å²) in [6, 6.07) is 18.9. The monoisotopic (exact) mass is 666 g/mol. The third-order valence-corrected chi connectivity index (χ3v) is 9.64. The molecule has 1 aromatic heterocycles. The number of carbonyl (C=O) groups excluding carboxylic acids is 3. The van der Waals surface area contributed by atoms with Gasteiger partial charge < -0.3 is 15.4 Å². The van der Waals surface area contributed by atoms with Crippen LogP contribution in [0.25, 0.3) is 16.7 Å². The Kier molecular flexibility index (Phi) is 10.8. The number of hydrogen-bond donors (Lipinski definition) is 2. The number of carbonyl (C=O) groups is 3. The van der Waals surface area contributed by atoms with E-state index in [0.717, 1.165) is 66.7 Å². The van der Waals surface area contributed by atoms with Crippen molar-refractivity contribution in [2.24, 2.45) is 7.05 Å². The lowest BCUT2D eigenvalue weighted by Gasteiger charge is -2.17. The molecule has 0 spiro atoms. The maximum atomic E-state index is 13.8. The smallest absolute Gasteiger partial charge is 0.248 e. The van der Waals surface area contributed by atoms with E-state index in [-0.39, 0.29) is 18.2 Å². The zero-order valence-corrected chi connectivity index (χ0v) is 29.3. The van der Waals surface area contributed by atoms with E-state index < -0.39 is 11.9 Å². The molecule has 2 N–H and O–H groups in total. The summed E-state index contributed by atoms with van der Waals surface area (Å²) in [7, 11) is 1.93. The second-order valence-electron chi connectivity index (χ2n) is 12.6. The Morgan fingerprint density at radius 2 is 1.67 bits per heavy atom. The number of aryl methyl sites for hydroxylation is 4. The highest BCUT2D eigenvalue weighted by atomic mass is 35.5. The summed E-state index contributed by atoms with van der Waals surface area (Å²) < 4.78 is 7.98. The summed E-state index contributed by atoms with van der Waals surface area (Å²) in [6.07, 6.45) is 2.11. The van der Waals surface area contributed by atoms with Crippen LogP contribution in [0, 0.1) is 27.7 Å². The van der Waals surface area contributed by atoms with Gasteiger partial charge in [0.05, 0.1) is 24.9 Å². The van der Waals surface area contributed by atoms with Gasteiger partial charge in [-0.25, -0.2) is 0 Å². The Labute approximate surface area is 287 Å². The summed E-state index contributed by atoms with van der Waals surface area (Å²) in [6.45, 7) is 9.65. The van der Waals surface area contributed by atoms with Gasteiger partial charge in [-0.1, -0.05) is 60.1 Å². The third kappa shape index (κ3) is 7.71. The van der Waals surface area contributed by atoms with Crippen LogP contribution in [0.2, 0.25) is 5.02 Å². The van der Waals surface area contributed by atoms with Crippen LogP contribution < -0.4 is 15.4 Å². The van der Waals surface area contributed by atoms with Crippen LogP contribution in [0.4, 0.5) is 0 Å². The van der Waals surface area contributed by atoms with Crippen LogP contribution in [0.3, 0.4) is 0 Å². The number of nitrogens with zero attached hydrogens (tertiary/aromatic N) is 2. The van der Waals surface area contributed by atoms with Gasteiger partial charge in [0, 0.05) is 35.3 Å². The minimum Gasteiger partial charge on any atom is -0.494 e. The van der Waals surface area contributed by atoms with Crippen LogP contribution in [0.15, 0.2) is 66.2 Å². The molecule has 8 nitrogen and oxygen atoms in total. The molecule has 0 saturated heterocycles. The molecular formula is C39H43ClN4O4. The van der Waals surface area contributed by atoms with Gasteiger partial charge in [0.2, 0.25) is 11.8 Å². The molecule has 1 aliphatic carbocycles. The number of rotatable bonds is 13. The van der Waals surface area contributed by atoms with Crippen molar-refractivity contribution in [1.82, 2.24) is 20.4 Å². The number of fused-ring (bicyclic) bond motifs is 1. The van der Waals surface area contributed by atoms with Crippen molar-refractivity contribution in [2.75, 3.05) is 13.2 Å². The Morgan fingerprint density at radius 1 is 0.979 bits per heavy atom. The van der Waals surface area contributed by atoms with Gasteiger partial charge in [-0.2, -0.15) is 5.10 Å². The van der Waals surface area contributed by atoms with Gasteiger partial charge in [-0.05, 0) is 105 Å². The average Bonchev–Trinajstić information content (AvgIpc) is 3.55. The number of aromatic nitrogens is 2. The molecule has 0 radical (unpaired) electrons. The Morgan fingerprint density at radius 3 is 2.31 bits per heavy atom. The number of nitrogens with one attached hydrogen (secondary N) is 2. The minimum absolute atomic E-state index is 0.144. The summed E-state index contributed by atoms with van der Waals surface area (Å²) in [5.74, 6) is -0.0924. The van der Waals surface area contributed by atoms with E-state index in [4.69, 9.17) is 16.3 Å². The van der Waals surface area contributed by atoms with E-state index in [0.29, 0.717) is 37.9 Å². The quantitative estimate of drug-likeness (QED) is 0.157. The molecule has 0 unspecified atom stereocenters. The van der Waals surface area contributed by atoms with E-state index in [1.807, 2.05) is 88.0 Å². The standard InChI is InChI=1S/C39H43ClN4O4/c1-23-18-29(19-24(2)38(23)40)48-17-11-16-31-30-14-10-15-32(37-25(3)43-44(6)26(37)4)33(30)21-34(31)39(47)41-22-36(46)42-35(27(5)45)20-28-12-8-7-9-13-28/h7-10,12-15,18-19,35H,11,16-17,20-22H2,1-6H3,(H,41,47)(H,42,46)/t35-/m0/s1. The van der Waals surface area contributed by atoms with Gasteiger partial charge >= 0.3 is 0 Å². The molecule has 3 aromatic carbocycles.